The Morgan fingerprint density at radius 1 is 1.19 bits per heavy atom. The van der Waals surface area contributed by atoms with Crippen LogP contribution in [-0.2, 0) is 6.54 Å². The highest BCUT2D eigenvalue weighted by molar-refractivity contribution is 6.32. The summed E-state index contributed by atoms with van der Waals surface area (Å²) < 4.78 is 11.4. The van der Waals surface area contributed by atoms with Crippen molar-refractivity contribution < 1.29 is 14.6 Å². The standard InChI is InChI=1S/C16H22ClNO3/c17-14-8-12(9-15-16(14)21-7-3-6-20-15)10-18-5-2-1-4-13(18)11-19/h8-9,13,19H,1-7,10-11H2. The van der Waals surface area contributed by atoms with Gasteiger partial charge in [-0.3, -0.25) is 4.90 Å². The predicted molar refractivity (Wildman–Crippen MR) is 82.2 cm³/mol. The number of fused-ring (bicyclic) bond motifs is 1. The fourth-order valence-electron chi connectivity index (χ4n) is 3.08. The van der Waals surface area contributed by atoms with E-state index in [1.807, 2.05) is 12.1 Å². The number of ether oxygens (including phenoxy) is 2. The van der Waals surface area contributed by atoms with Gasteiger partial charge in [-0.25, -0.2) is 0 Å². The minimum Gasteiger partial charge on any atom is -0.489 e. The summed E-state index contributed by atoms with van der Waals surface area (Å²) >= 11 is 6.33. The maximum absolute atomic E-state index is 9.51. The average molecular weight is 312 g/mol. The Hall–Kier alpha value is -0.970. The number of rotatable bonds is 3. The number of aliphatic hydroxyl groups excluding tert-OH is 1. The third-order valence-corrected chi connectivity index (χ3v) is 4.49. The molecule has 21 heavy (non-hydrogen) atoms. The van der Waals surface area contributed by atoms with Gasteiger partial charge in [-0.05, 0) is 37.1 Å². The van der Waals surface area contributed by atoms with E-state index in [1.54, 1.807) is 0 Å². The Morgan fingerprint density at radius 2 is 2.05 bits per heavy atom. The summed E-state index contributed by atoms with van der Waals surface area (Å²) in [5, 5.41) is 10.1. The summed E-state index contributed by atoms with van der Waals surface area (Å²) in [6, 6.07) is 4.24. The number of hydrogen-bond acceptors (Lipinski definition) is 4. The molecule has 1 aromatic carbocycles. The third-order valence-electron chi connectivity index (χ3n) is 4.21. The molecule has 0 amide bonds. The number of piperidine rings is 1. The molecule has 0 bridgehead atoms. The maximum atomic E-state index is 9.51. The second-order valence-corrected chi connectivity index (χ2v) is 6.17. The molecule has 0 spiro atoms. The fourth-order valence-corrected chi connectivity index (χ4v) is 3.37. The summed E-state index contributed by atoms with van der Waals surface area (Å²) in [6.45, 7) is 3.34. The number of halogens is 1. The zero-order valence-corrected chi connectivity index (χ0v) is 12.9. The normalized spacial score (nSPS) is 22.9. The van der Waals surface area contributed by atoms with Crippen molar-refractivity contribution in [3.63, 3.8) is 0 Å². The van der Waals surface area contributed by atoms with Crippen LogP contribution < -0.4 is 9.47 Å². The average Bonchev–Trinajstić information content (AvgIpc) is 2.73. The smallest absolute Gasteiger partial charge is 0.179 e. The Balaban J connectivity index is 1.79. The van der Waals surface area contributed by atoms with Crippen LogP contribution in [0.1, 0.15) is 31.2 Å². The molecule has 5 heteroatoms. The first kappa shape index (κ1) is 14.9. The molecule has 1 unspecified atom stereocenters. The van der Waals surface area contributed by atoms with Crippen LogP contribution in [0.3, 0.4) is 0 Å². The van der Waals surface area contributed by atoms with Crippen molar-refractivity contribution in [2.45, 2.75) is 38.3 Å². The van der Waals surface area contributed by atoms with Crippen LogP contribution in [0.2, 0.25) is 5.02 Å². The molecule has 116 valence electrons. The molecule has 3 rings (SSSR count). The van der Waals surface area contributed by atoms with Gasteiger partial charge in [0.2, 0.25) is 0 Å². The Bertz CT molecular complexity index is 495. The lowest BCUT2D eigenvalue weighted by molar-refractivity contribution is 0.0840. The maximum Gasteiger partial charge on any atom is 0.179 e. The highest BCUT2D eigenvalue weighted by Crippen LogP contribution is 2.38. The van der Waals surface area contributed by atoms with E-state index in [9.17, 15) is 5.11 Å². The van der Waals surface area contributed by atoms with Crippen molar-refractivity contribution in [2.75, 3.05) is 26.4 Å². The SMILES string of the molecule is OCC1CCCCN1Cc1cc(Cl)c2c(c1)OCCCO2. The first-order valence-corrected chi connectivity index (χ1v) is 8.08. The number of nitrogens with zero attached hydrogens (tertiary/aromatic N) is 1. The van der Waals surface area contributed by atoms with Crippen molar-refractivity contribution in [2.24, 2.45) is 0 Å². The first-order valence-electron chi connectivity index (χ1n) is 7.71. The van der Waals surface area contributed by atoms with E-state index in [2.05, 4.69) is 4.90 Å². The zero-order valence-electron chi connectivity index (χ0n) is 12.2. The molecule has 0 saturated carbocycles. The predicted octanol–water partition coefficient (Wildman–Crippen LogP) is 2.85. The molecule has 1 atom stereocenters. The molecule has 4 nitrogen and oxygen atoms in total. The summed E-state index contributed by atoms with van der Waals surface area (Å²) in [5.74, 6) is 1.41. The first-order chi connectivity index (χ1) is 10.3. The van der Waals surface area contributed by atoms with Gasteiger partial charge in [-0.1, -0.05) is 18.0 Å². The molecule has 1 N–H and O–H groups in total. The molecular weight excluding hydrogens is 290 g/mol. The lowest BCUT2D eigenvalue weighted by Gasteiger charge is -2.34. The van der Waals surface area contributed by atoms with Gasteiger partial charge in [0.05, 0.1) is 24.8 Å². The second-order valence-electron chi connectivity index (χ2n) is 5.76. The summed E-state index contributed by atoms with van der Waals surface area (Å²) in [4.78, 5) is 2.33. The van der Waals surface area contributed by atoms with Crippen LogP contribution in [0.5, 0.6) is 11.5 Å². The van der Waals surface area contributed by atoms with Crippen molar-refractivity contribution >= 4 is 11.6 Å². The molecule has 2 aliphatic heterocycles. The van der Waals surface area contributed by atoms with Crippen LogP contribution in [0, 0.1) is 0 Å². The molecular formula is C16H22ClNO3. The summed E-state index contributed by atoms with van der Waals surface area (Å²) in [5.41, 5.74) is 1.12. The largest absolute Gasteiger partial charge is 0.489 e. The van der Waals surface area contributed by atoms with Gasteiger partial charge in [0.1, 0.15) is 0 Å². The Kier molecular flexibility index (Phi) is 4.88. The van der Waals surface area contributed by atoms with Gasteiger partial charge in [0.15, 0.2) is 11.5 Å². The van der Waals surface area contributed by atoms with Gasteiger partial charge in [0, 0.05) is 19.0 Å². The van der Waals surface area contributed by atoms with Crippen molar-refractivity contribution in [3.05, 3.63) is 22.7 Å². The monoisotopic (exact) mass is 311 g/mol. The molecule has 1 aromatic rings. The van der Waals surface area contributed by atoms with E-state index in [0.717, 1.165) is 37.2 Å². The van der Waals surface area contributed by atoms with Crippen molar-refractivity contribution in [1.29, 1.82) is 0 Å². The van der Waals surface area contributed by atoms with E-state index >= 15 is 0 Å². The zero-order chi connectivity index (χ0) is 14.7. The van der Waals surface area contributed by atoms with Crippen LogP contribution >= 0.6 is 11.6 Å². The minimum absolute atomic E-state index is 0.221. The topological polar surface area (TPSA) is 41.9 Å². The highest BCUT2D eigenvalue weighted by Gasteiger charge is 2.23. The number of aliphatic hydroxyl groups is 1. The highest BCUT2D eigenvalue weighted by atomic mass is 35.5. The number of hydrogen-bond donors (Lipinski definition) is 1. The van der Waals surface area contributed by atoms with Gasteiger partial charge in [-0.15, -0.1) is 0 Å². The second kappa shape index (κ2) is 6.86. The quantitative estimate of drug-likeness (QED) is 0.932. The van der Waals surface area contributed by atoms with Crippen LogP contribution in [0.25, 0.3) is 0 Å². The van der Waals surface area contributed by atoms with E-state index in [0.29, 0.717) is 24.0 Å². The number of benzene rings is 1. The van der Waals surface area contributed by atoms with E-state index in [4.69, 9.17) is 21.1 Å². The van der Waals surface area contributed by atoms with E-state index in [1.165, 1.54) is 12.8 Å². The van der Waals surface area contributed by atoms with Gasteiger partial charge < -0.3 is 14.6 Å². The van der Waals surface area contributed by atoms with Crippen LogP contribution in [0.15, 0.2) is 12.1 Å². The number of likely N-dealkylation sites (tertiary alicyclic amines) is 1. The molecule has 0 aliphatic carbocycles. The third kappa shape index (κ3) is 3.44. The van der Waals surface area contributed by atoms with Crippen molar-refractivity contribution in [1.82, 2.24) is 4.90 Å². The summed E-state index contributed by atoms with van der Waals surface area (Å²) in [6.07, 6.45) is 4.33. The lowest BCUT2D eigenvalue weighted by Crippen LogP contribution is -2.41. The molecule has 0 aromatic heterocycles. The van der Waals surface area contributed by atoms with Gasteiger partial charge >= 0.3 is 0 Å². The molecule has 0 radical (unpaired) electrons. The van der Waals surface area contributed by atoms with E-state index < -0.39 is 0 Å². The van der Waals surface area contributed by atoms with Crippen molar-refractivity contribution in [3.8, 4) is 11.5 Å². The summed E-state index contributed by atoms with van der Waals surface area (Å²) in [7, 11) is 0. The minimum atomic E-state index is 0.221. The van der Waals surface area contributed by atoms with E-state index in [-0.39, 0.29) is 12.6 Å². The molecule has 2 aliphatic rings. The molecule has 2 heterocycles. The Labute approximate surface area is 130 Å². The molecule has 1 fully saturated rings. The Morgan fingerprint density at radius 3 is 2.90 bits per heavy atom. The fraction of sp³-hybridized carbons (Fsp3) is 0.625. The van der Waals surface area contributed by atoms with Gasteiger partial charge in [-0.2, -0.15) is 0 Å². The van der Waals surface area contributed by atoms with Crippen LogP contribution in [-0.4, -0.2) is 42.4 Å². The van der Waals surface area contributed by atoms with Crippen LogP contribution in [0.4, 0.5) is 0 Å². The van der Waals surface area contributed by atoms with Gasteiger partial charge in [0.25, 0.3) is 0 Å². The molecule has 1 saturated heterocycles. The lowest BCUT2D eigenvalue weighted by atomic mass is 10.0.